The first-order chi connectivity index (χ1) is 17.7. The van der Waals surface area contributed by atoms with Gasteiger partial charge in [-0.3, -0.25) is 4.79 Å². The van der Waals surface area contributed by atoms with E-state index >= 15 is 0 Å². The molecular formula is C32H41NO4. The van der Waals surface area contributed by atoms with E-state index < -0.39 is 6.10 Å². The molecular weight excluding hydrogens is 462 g/mol. The standard InChI is InChI=1S/C32H41NO4/c1-6-36-18-19-37-29-21-25(20-26-30(29)32(4,5)16-15-31(26,2)3)28(35)14-11-23-9-12-24(13-10-23)27-8-7-17-33(27)22-34/h9-10,12-13,20-22,27-28,35H,6-8,15-19H2,1-5H3. The maximum absolute atomic E-state index is 11.3. The molecule has 2 unspecified atom stereocenters. The first-order valence-corrected chi connectivity index (χ1v) is 13.6. The predicted octanol–water partition coefficient (Wildman–Crippen LogP) is 5.83. The molecule has 2 aromatic rings. The van der Waals surface area contributed by atoms with Gasteiger partial charge in [0.15, 0.2) is 0 Å². The van der Waals surface area contributed by atoms with Crippen molar-refractivity contribution in [2.75, 3.05) is 26.4 Å². The highest BCUT2D eigenvalue weighted by atomic mass is 16.5. The Morgan fingerprint density at radius 3 is 2.54 bits per heavy atom. The first kappa shape index (κ1) is 27.2. The molecule has 1 saturated heterocycles. The molecule has 37 heavy (non-hydrogen) atoms. The fourth-order valence-corrected chi connectivity index (χ4v) is 5.68. The molecule has 1 N–H and O–H groups in total. The molecule has 0 radical (unpaired) electrons. The first-order valence-electron chi connectivity index (χ1n) is 13.6. The highest BCUT2D eigenvalue weighted by Gasteiger charge is 2.40. The second-order valence-electron chi connectivity index (χ2n) is 11.5. The SMILES string of the molecule is CCOCCOc1cc(C(O)C#Cc2ccc(C3CCCN3C=O)cc2)cc2c1C(C)(C)CCC2(C)C. The molecule has 2 aromatic carbocycles. The van der Waals surface area contributed by atoms with Crippen LogP contribution in [-0.4, -0.2) is 42.8 Å². The molecule has 0 bridgehead atoms. The smallest absolute Gasteiger partial charge is 0.210 e. The number of rotatable bonds is 8. The molecule has 198 valence electrons. The highest BCUT2D eigenvalue weighted by molar-refractivity contribution is 5.54. The summed E-state index contributed by atoms with van der Waals surface area (Å²) < 4.78 is 11.7. The maximum Gasteiger partial charge on any atom is 0.210 e. The van der Waals surface area contributed by atoms with Crippen LogP contribution in [0.3, 0.4) is 0 Å². The largest absolute Gasteiger partial charge is 0.491 e. The molecule has 1 fully saturated rings. The third-order valence-corrected chi connectivity index (χ3v) is 7.99. The Kier molecular flexibility index (Phi) is 8.31. The van der Waals surface area contributed by atoms with Crippen LogP contribution in [0.25, 0.3) is 0 Å². The fourth-order valence-electron chi connectivity index (χ4n) is 5.68. The molecule has 5 heteroatoms. The molecule has 2 aliphatic rings. The summed E-state index contributed by atoms with van der Waals surface area (Å²) in [5.74, 6) is 7.01. The number of carbonyl (C=O) groups is 1. The molecule has 0 saturated carbocycles. The van der Waals surface area contributed by atoms with Crippen molar-refractivity contribution in [3.63, 3.8) is 0 Å². The van der Waals surface area contributed by atoms with Crippen LogP contribution < -0.4 is 4.74 Å². The number of nitrogens with zero attached hydrogens (tertiary/aromatic N) is 1. The van der Waals surface area contributed by atoms with Gasteiger partial charge in [-0.2, -0.15) is 0 Å². The van der Waals surface area contributed by atoms with Gasteiger partial charge in [-0.1, -0.05) is 57.7 Å². The molecule has 1 amide bonds. The summed E-state index contributed by atoms with van der Waals surface area (Å²) in [6.07, 6.45) is 4.19. The lowest BCUT2D eigenvalue weighted by molar-refractivity contribution is -0.118. The maximum atomic E-state index is 11.3. The van der Waals surface area contributed by atoms with Gasteiger partial charge in [0.2, 0.25) is 6.41 Å². The Morgan fingerprint density at radius 1 is 1.11 bits per heavy atom. The van der Waals surface area contributed by atoms with Crippen molar-refractivity contribution >= 4 is 6.41 Å². The van der Waals surface area contributed by atoms with Crippen LogP contribution in [0.15, 0.2) is 36.4 Å². The van der Waals surface area contributed by atoms with Gasteiger partial charge in [-0.15, -0.1) is 0 Å². The Labute approximate surface area is 222 Å². The van der Waals surface area contributed by atoms with E-state index in [-0.39, 0.29) is 16.9 Å². The lowest BCUT2D eigenvalue weighted by Gasteiger charge is -2.43. The minimum absolute atomic E-state index is 0.0124. The van der Waals surface area contributed by atoms with Gasteiger partial charge >= 0.3 is 0 Å². The van der Waals surface area contributed by atoms with Crippen molar-refractivity contribution in [2.45, 2.75) is 83.3 Å². The summed E-state index contributed by atoms with van der Waals surface area (Å²) >= 11 is 0. The van der Waals surface area contributed by atoms with Crippen LogP contribution in [0.2, 0.25) is 0 Å². The molecule has 2 atom stereocenters. The van der Waals surface area contributed by atoms with Crippen LogP contribution in [0.1, 0.15) is 100 Å². The summed E-state index contributed by atoms with van der Waals surface area (Å²) in [6.45, 7) is 13.5. The zero-order valence-corrected chi connectivity index (χ0v) is 23.0. The fraction of sp³-hybridized carbons (Fsp3) is 0.531. The molecule has 1 heterocycles. The predicted molar refractivity (Wildman–Crippen MR) is 147 cm³/mol. The molecule has 1 aliphatic carbocycles. The number of carbonyl (C=O) groups excluding carboxylic acids is 1. The second-order valence-corrected chi connectivity index (χ2v) is 11.5. The Balaban J connectivity index is 1.60. The normalized spacial score (nSPS) is 20.5. The highest BCUT2D eigenvalue weighted by Crippen LogP contribution is 2.50. The van der Waals surface area contributed by atoms with Crippen LogP contribution in [-0.2, 0) is 20.4 Å². The Bertz CT molecular complexity index is 1160. The summed E-state index contributed by atoms with van der Waals surface area (Å²) in [7, 11) is 0. The topological polar surface area (TPSA) is 59.0 Å². The number of hydrogen-bond donors (Lipinski definition) is 1. The summed E-state index contributed by atoms with van der Waals surface area (Å²) in [4.78, 5) is 13.2. The zero-order valence-electron chi connectivity index (χ0n) is 23.0. The van der Waals surface area contributed by atoms with E-state index in [0.29, 0.717) is 19.8 Å². The lowest BCUT2D eigenvalue weighted by atomic mass is 9.62. The van der Waals surface area contributed by atoms with E-state index in [0.717, 1.165) is 61.1 Å². The summed E-state index contributed by atoms with van der Waals surface area (Å²) in [6, 6.07) is 12.3. The number of hydrogen-bond acceptors (Lipinski definition) is 4. The van der Waals surface area contributed by atoms with Gasteiger partial charge < -0.3 is 19.5 Å². The number of benzene rings is 2. The van der Waals surface area contributed by atoms with Gasteiger partial charge in [0.05, 0.1) is 12.6 Å². The van der Waals surface area contributed by atoms with Crippen LogP contribution >= 0.6 is 0 Å². The summed E-state index contributed by atoms with van der Waals surface area (Å²) in [5.41, 5.74) is 5.16. The average molecular weight is 504 g/mol. The quantitative estimate of drug-likeness (QED) is 0.280. The van der Waals surface area contributed by atoms with E-state index in [2.05, 4.69) is 45.6 Å². The number of amides is 1. The number of aliphatic hydroxyl groups excluding tert-OH is 1. The number of likely N-dealkylation sites (tertiary alicyclic amines) is 1. The second kappa shape index (κ2) is 11.3. The van der Waals surface area contributed by atoms with Gasteiger partial charge in [0, 0.05) is 24.3 Å². The minimum atomic E-state index is -0.930. The monoisotopic (exact) mass is 503 g/mol. The molecule has 4 rings (SSSR count). The van der Waals surface area contributed by atoms with Crippen molar-refractivity contribution in [1.29, 1.82) is 0 Å². The van der Waals surface area contributed by atoms with Crippen LogP contribution in [0, 0.1) is 11.8 Å². The lowest BCUT2D eigenvalue weighted by Crippen LogP contribution is -2.34. The third kappa shape index (κ3) is 6.03. The van der Waals surface area contributed by atoms with Gasteiger partial charge in [0.25, 0.3) is 0 Å². The number of aliphatic hydroxyl groups is 1. The van der Waals surface area contributed by atoms with Crippen molar-refractivity contribution in [2.24, 2.45) is 0 Å². The third-order valence-electron chi connectivity index (χ3n) is 7.99. The summed E-state index contributed by atoms with van der Waals surface area (Å²) in [5, 5.41) is 11.1. The van der Waals surface area contributed by atoms with E-state index in [1.165, 1.54) is 11.1 Å². The van der Waals surface area contributed by atoms with E-state index in [9.17, 15) is 9.90 Å². The van der Waals surface area contributed by atoms with E-state index in [4.69, 9.17) is 9.47 Å². The molecule has 1 aliphatic heterocycles. The van der Waals surface area contributed by atoms with Crippen molar-refractivity contribution < 1.29 is 19.4 Å². The van der Waals surface area contributed by atoms with Crippen molar-refractivity contribution in [3.05, 3.63) is 64.2 Å². The van der Waals surface area contributed by atoms with Crippen LogP contribution in [0.5, 0.6) is 5.75 Å². The minimum Gasteiger partial charge on any atom is -0.491 e. The number of ether oxygens (including phenoxy) is 2. The van der Waals surface area contributed by atoms with Crippen LogP contribution in [0.4, 0.5) is 0 Å². The average Bonchev–Trinajstić information content (AvgIpc) is 3.37. The van der Waals surface area contributed by atoms with E-state index in [1.807, 2.05) is 42.2 Å². The molecule has 0 aromatic heterocycles. The molecule has 0 spiro atoms. The van der Waals surface area contributed by atoms with Crippen molar-refractivity contribution in [1.82, 2.24) is 4.90 Å². The number of fused-ring (bicyclic) bond motifs is 1. The van der Waals surface area contributed by atoms with Gasteiger partial charge in [0.1, 0.15) is 18.5 Å². The Hall–Kier alpha value is -2.81. The zero-order chi connectivity index (χ0) is 26.6. The van der Waals surface area contributed by atoms with Gasteiger partial charge in [-0.05, 0) is 78.3 Å². The van der Waals surface area contributed by atoms with E-state index in [1.54, 1.807) is 0 Å². The van der Waals surface area contributed by atoms with Crippen molar-refractivity contribution in [3.8, 4) is 17.6 Å². The Morgan fingerprint density at radius 2 is 1.84 bits per heavy atom. The molecule has 5 nitrogen and oxygen atoms in total. The van der Waals surface area contributed by atoms with Gasteiger partial charge in [-0.25, -0.2) is 0 Å².